The molecule has 0 spiro atoms. The molecule has 8 heteroatoms. The van der Waals surface area contributed by atoms with Crippen LogP contribution in [0.25, 0.3) is 0 Å². The molecule has 0 saturated heterocycles. The highest BCUT2D eigenvalue weighted by Gasteiger charge is 2.18. The predicted molar refractivity (Wildman–Crippen MR) is 108 cm³/mol. The molecular formula is C21H20N4O3S. The lowest BCUT2D eigenvalue weighted by molar-refractivity contribution is 0.0762. The van der Waals surface area contributed by atoms with Crippen molar-refractivity contribution in [2.24, 2.45) is 0 Å². The number of amides is 1. The number of benzene rings is 2. The second-order valence-corrected chi connectivity index (χ2v) is 7.88. The van der Waals surface area contributed by atoms with Gasteiger partial charge in [-0.3, -0.25) is 4.79 Å². The van der Waals surface area contributed by atoms with Gasteiger partial charge in [-0.15, -0.1) is 6.58 Å². The first-order chi connectivity index (χ1) is 13.9. The van der Waals surface area contributed by atoms with Crippen molar-refractivity contribution in [1.29, 1.82) is 10.5 Å². The first kappa shape index (κ1) is 21.8. The Morgan fingerprint density at radius 2 is 1.76 bits per heavy atom. The molecule has 7 nitrogen and oxygen atoms in total. The topological polar surface area (TPSA) is 114 Å². The van der Waals surface area contributed by atoms with Crippen LogP contribution in [0.4, 0.5) is 0 Å². The molecule has 0 aromatic heterocycles. The van der Waals surface area contributed by atoms with Crippen LogP contribution in [0.3, 0.4) is 0 Å². The van der Waals surface area contributed by atoms with E-state index in [9.17, 15) is 13.2 Å². The molecule has 0 unspecified atom stereocenters. The second-order valence-electron chi connectivity index (χ2n) is 6.11. The minimum absolute atomic E-state index is 0.0225. The summed E-state index contributed by atoms with van der Waals surface area (Å²) >= 11 is 0. The van der Waals surface area contributed by atoms with Gasteiger partial charge in [0.25, 0.3) is 5.91 Å². The summed E-state index contributed by atoms with van der Waals surface area (Å²) in [5, 5.41) is 17.4. The quantitative estimate of drug-likeness (QED) is 0.506. The van der Waals surface area contributed by atoms with Gasteiger partial charge < -0.3 is 4.90 Å². The van der Waals surface area contributed by atoms with Crippen molar-refractivity contribution in [2.75, 3.05) is 13.1 Å². The van der Waals surface area contributed by atoms with Crippen molar-refractivity contribution in [2.45, 2.75) is 17.9 Å². The summed E-state index contributed by atoms with van der Waals surface area (Å²) in [6.07, 6.45) is 1.68. The minimum atomic E-state index is -3.73. The molecule has 0 radical (unpaired) electrons. The minimum Gasteiger partial charge on any atom is -0.331 e. The van der Waals surface area contributed by atoms with Crippen LogP contribution >= 0.6 is 0 Å². The van der Waals surface area contributed by atoms with E-state index in [4.69, 9.17) is 10.5 Å². The van der Waals surface area contributed by atoms with Gasteiger partial charge in [0.1, 0.15) is 0 Å². The second kappa shape index (κ2) is 10.2. The normalized spacial score (nSPS) is 10.6. The van der Waals surface area contributed by atoms with Crippen molar-refractivity contribution < 1.29 is 13.2 Å². The summed E-state index contributed by atoms with van der Waals surface area (Å²) in [6.45, 7) is 4.34. The van der Waals surface area contributed by atoms with Crippen molar-refractivity contribution in [3.8, 4) is 12.1 Å². The van der Waals surface area contributed by atoms with Crippen LogP contribution in [-0.2, 0) is 16.6 Å². The molecule has 148 valence electrons. The van der Waals surface area contributed by atoms with E-state index in [1.165, 1.54) is 24.3 Å². The van der Waals surface area contributed by atoms with Crippen LogP contribution in [0.5, 0.6) is 0 Å². The molecule has 0 aliphatic carbocycles. The molecular weight excluding hydrogens is 388 g/mol. The van der Waals surface area contributed by atoms with Gasteiger partial charge in [0, 0.05) is 31.6 Å². The first-order valence-corrected chi connectivity index (χ1v) is 10.3. The van der Waals surface area contributed by atoms with Crippen molar-refractivity contribution in [3.05, 3.63) is 77.9 Å². The third-order valence-electron chi connectivity index (χ3n) is 4.03. The van der Waals surface area contributed by atoms with Gasteiger partial charge in [0.15, 0.2) is 0 Å². The van der Waals surface area contributed by atoms with Gasteiger partial charge in [-0.2, -0.15) is 10.5 Å². The molecule has 29 heavy (non-hydrogen) atoms. The highest BCUT2D eigenvalue weighted by molar-refractivity contribution is 7.89. The third kappa shape index (κ3) is 6.01. The predicted octanol–water partition coefficient (Wildman–Crippen LogP) is 2.58. The Balaban J connectivity index is 2.16. The largest absolute Gasteiger partial charge is 0.331 e. The Bertz CT molecular complexity index is 1050. The van der Waals surface area contributed by atoms with E-state index in [1.54, 1.807) is 35.2 Å². The first-order valence-electron chi connectivity index (χ1n) is 8.77. The highest BCUT2D eigenvalue weighted by atomic mass is 32.2. The number of sulfonamides is 1. The van der Waals surface area contributed by atoms with Crippen LogP contribution in [0, 0.1) is 22.7 Å². The van der Waals surface area contributed by atoms with Gasteiger partial charge in [-0.05, 0) is 42.0 Å². The molecule has 0 aliphatic heterocycles. The fraction of sp³-hybridized carbons (Fsp3) is 0.190. The van der Waals surface area contributed by atoms with Crippen LogP contribution in [0.2, 0.25) is 0 Å². The van der Waals surface area contributed by atoms with E-state index in [-0.39, 0.29) is 23.8 Å². The monoisotopic (exact) mass is 408 g/mol. The fourth-order valence-electron chi connectivity index (χ4n) is 2.56. The van der Waals surface area contributed by atoms with Crippen molar-refractivity contribution in [1.82, 2.24) is 9.62 Å². The number of nitrogens with zero attached hydrogens (tertiary/aromatic N) is 3. The van der Waals surface area contributed by atoms with E-state index in [0.717, 1.165) is 5.56 Å². The summed E-state index contributed by atoms with van der Waals surface area (Å²) in [6, 6.07) is 16.5. The number of nitriles is 2. The molecule has 2 aromatic rings. The number of carbonyl (C=O) groups is 1. The number of carbonyl (C=O) groups excluding carboxylic acids is 1. The maximum Gasteiger partial charge on any atom is 0.254 e. The molecule has 1 amide bonds. The zero-order valence-corrected chi connectivity index (χ0v) is 16.5. The molecule has 2 aromatic carbocycles. The Morgan fingerprint density at radius 3 is 2.31 bits per heavy atom. The average Bonchev–Trinajstić information content (AvgIpc) is 2.73. The molecule has 0 atom stereocenters. The Hall–Kier alpha value is -3.46. The maximum atomic E-state index is 12.9. The lowest BCUT2D eigenvalue weighted by Crippen LogP contribution is -2.30. The smallest absolute Gasteiger partial charge is 0.254 e. The van der Waals surface area contributed by atoms with E-state index >= 15 is 0 Å². The van der Waals surface area contributed by atoms with Crippen LogP contribution in [-0.4, -0.2) is 32.3 Å². The van der Waals surface area contributed by atoms with E-state index in [2.05, 4.69) is 11.3 Å². The summed E-state index contributed by atoms with van der Waals surface area (Å²) < 4.78 is 26.7. The van der Waals surface area contributed by atoms with Crippen LogP contribution in [0.15, 0.2) is 66.1 Å². The third-order valence-corrected chi connectivity index (χ3v) is 5.51. The highest BCUT2D eigenvalue weighted by Crippen LogP contribution is 2.15. The summed E-state index contributed by atoms with van der Waals surface area (Å²) in [7, 11) is -3.73. The number of hydrogen-bond acceptors (Lipinski definition) is 5. The molecule has 0 fully saturated rings. The van der Waals surface area contributed by atoms with E-state index in [1.807, 2.05) is 12.1 Å². The van der Waals surface area contributed by atoms with Crippen molar-refractivity contribution in [3.63, 3.8) is 0 Å². The standard InChI is InChI=1S/C21H20N4O3S/c1-2-14-25(16-18-6-4-17(15-23)5-7-18)21(26)19-8-10-20(11-9-19)29(27,28)24-13-3-12-22/h2,4-11,24H,1,3,13-14,16H2. The number of hydrogen-bond donors (Lipinski definition) is 1. The Labute approximate surface area is 170 Å². The van der Waals surface area contributed by atoms with Gasteiger partial charge in [-0.1, -0.05) is 18.2 Å². The molecule has 0 heterocycles. The number of rotatable bonds is 9. The summed E-state index contributed by atoms with van der Waals surface area (Å²) in [4.78, 5) is 14.5. The van der Waals surface area contributed by atoms with Crippen LogP contribution in [0.1, 0.15) is 27.9 Å². The van der Waals surface area contributed by atoms with Gasteiger partial charge in [0.05, 0.1) is 22.6 Å². The van der Waals surface area contributed by atoms with Gasteiger partial charge in [0.2, 0.25) is 10.0 Å². The molecule has 0 bridgehead atoms. The lowest BCUT2D eigenvalue weighted by atomic mass is 10.1. The SMILES string of the molecule is C=CCN(Cc1ccc(C#N)cc1)C(=O)c1ccc(S(=O)(=O)NCCC#N)cc1. The zero-order chi connectivity index (χ0) is 21.3. The lowest BCUT2D eigenvalue weighted by Gasteiger charge is -2.21. The van der Waals surface area contributed by atoms with Crippen LogP contribution < -0.4 is 4.72 Å². The van der Waals surface area contributed by atoms with Gasteiger partial charge >= 0.3 is 0 Å². The summed E-state index contributed by atoms with van der Waals surface area (Å²) in [5.74, 6) is -0.268. The van der Waals surface area contributed by atoms with Crippen molar-refractivity contribution >= 4 is 15.9 Å². The molecule has 2 rings (SSSR count). The molecule has 1 N–H and O–H groups in total. The Kier molecular flexibility index (Phi) is 7.67. The number of nitrogens with one attached hydrogen (secondary N) is 1. The molecule has 0 saturated carbocycles. The average molecular weight is 408 g/mol. The van der Waals surface area contributed by atoms with E-state index in [0.29, 0.717) is 24.2 Å². The molecule has 0 aliphatic rings. The maximum absolute atomic E-state index is 12.9. The zero-order valence-electron chi connectivity index (χ0n) is 15.7. The van der Waals surface area contributed by atoms with E-state index < -0.39 is 10.0 Å². The summed E-state index contributed by atoms with van der Waals surface area (Å²) in [5.41, 5.74) is 1.74. The Morgan fingerprint density at radius 1 is 1.10 bits per heavy atom. The van der Waals surface area contributed by atoms with Gasteiger partial charge in [-0.25, -0.2) is 13.1 Å². The fourth-order valence-corrected chi connectivity index (χ4v) is 3.60.